The third-order valence-corrected chi connectivity index (χ3v) is 3.71. The highest BCUT2D eigenvalue weighted by Gasteiger charge is 2.10. The lowest BCUT2D eigenvalue weighted by Gasteiger charge is -2.20. The van der Waals surface area contributed by atoms with Crippen molar-refractivity contribution in [2.24, 2.45) is 0 Å². The molecule has 0 spiro atoms. The summed E-state index contributed by atoms with van der Waals surface area (Å²) in [5.41, 5.74) is 3.41. The third-order valence-electron chi connectivity index (χ3n) is 3.25. The van der Waals surface area contributed by atoms with Crippen LogP contribution >= 0.6 is 15.9 Å². The summed E-state index contributed by atoms with van der Waals surface area (Å²) in [6.45, 7) is 2.12. The van der Waals surface area contributed by atoms with E-state index in [1.807, 2.05) is 30.1 Å². The topological polar surface area (TPSA) is 40.5 Å². The van der Waals surface area contributed by atoms with E-state index in [0.29, 0.717) is 0 Å². The summed E-state index contributed by atoms with van der Waals surface area (Å²) in [6, 6.07) is 13.4. The van der Waals surface area contributed by atoms with E-state index in [4.69, 9.17) is 5.11 Å². The minimum Gasteiger partial charge on any atom is -0.478 e. The van der Waals surface area contributed by atoms with Crippen molar-refractivity contribution in [3.63, 3.8) is 0 Å². The number of aromatic carboxylic acids is 1. The molecule has 0 unspecified atom stereocenters. The number of halogens is 1. The molecule has 2 aromatic rings. The molecule has 2 aromatic carbocycles. The Hall–Kier alpha value is -1.81. The van der Waals surface area contributed by atoms with Gasteiger partial charge in [0.2, 0.25) is 0 Å². The van der Waals surface area contributed by atoms with Crippen LogP contribution in [0, 0.1) is 0 Å². The molecule has 0 amide bonds. The Morgan fingerprint density at radius 3 is 2.35 bits per heavy atom. The van der Waals surface area contributed by atoms with E-state index >= 15 is 0 Å². The van der Waals surface area contributed by atoms with Crippen LogP contribution in [0.5, 0.6) is 0 Å². The van der Waals surface area contributed by atoms with E-state index in [1.165, 1.54) is 5.56 Å². The molecule has 0 heterocycles. The Labute approximate surface area is 127 Å². The number of benzene rings is 2. The lowest BCUT2D eigenvalue weighted by atomic mass is 10.1. The maximum absolute atomic E-state index is 11.1. The molecule has 0 aromatic heterocycles. The summed E-state index contributed by atoms with van der Waals surface area (Å²) in [5.74, 6) is -0.928. The van der Waals surface area contributed by atoms with Crippen molar-refractivity contribution in [3.8, 4) is 0 Å². The summed E-state index contributed by atoms with van der Waals surface area (Å²) in [6.07, 6.45) is 1.00. The number of carboxylic acid groups (broad SMARTS) is 1. The van der Waals surface area contributed by atoms with E-state index in [-0.39, 0.29) is 5.56 Å². The molecule has 0 aliphatic rings. The fourth-order valence-corrected chi connectivity index (χ4v) is 2.48. The number of hydrogen-bond acceptors (Lipinski definition) is 2. The predicted octanol–water partition coefficient (Wildman–Crippen LogP) is 4.48. The van der Waals surface area contributed by atoms with E-state index in [0.717, 1.165) is 22.3 Å². The molecule has 0 aliphatic carbocycles. The largest absolute Gasteiger partial charge is 0.478 e. The van der Waals surface area contributed by atoms with Crippen molar-refractivity contribution in [2.45, 2.75) is 13.3 Å². The zero-order chi connectivity index (χ0) is 14.7. The van der Waals surface area contributed by atoms with Crippen LogP contribution in [-0.4, -0.2) is 18.1 Å². The van der Waals surface area contributed by atoms with Gasteiger partial charge in [-0.2, -0.15) is 0 Å². The van der Waals surface area contributed by atoms with E-state index in [1.54, 1.807) is 12.1 Å². The molecule has 0 radical (unpaired) electrons. The molecule has 0 bridgehead atoms. The first-order valence-corrected chi connectivity index (χ1v) is 7.17. The maximum atomic E-state index is 11.1. The van der Waals surface area contributed by atoms with Gasteiger partial charge in [0.25, 0.3) is 0 Å². The predicted molar refractivity (Wildman–Crippen MR) is 85.0 cm³/mol. The third kappa shape index (κ3) is 3.20. The normalized spacial score (nSPS) is 10.3. The molecule has 20 heavy (non-hydrogen) atoms. The van der Waals surface area contributed by atoms with Gasteiger partial charge in [0.05, 0.1) is 5.56 Å². The van der Waals surface area contributed by atoms with Gasteiger partial charge in [-0.25, -0.2) is 4.79 Å². The maximum Gasteiger partial charge on any atom is 0.335 e. The summed E-state index contributed by atoms with van der Waals surface area (Å²) < 4.78 is 0.754. The molecule has 4 heteroatoms. The van der Waals surface area contributed by atoms with Gasteiger partial charge in [0, 0.05) is 22.9 Å². The molecule has 1 N–H and O–H groups in total. The van der Waals surface area contributed by atoms with Crippen LogP contribution < -0.4 is 4.90 Å². The van der Waals surface area contributed by atoms with Crippen LogP contribution in [0.15, 0.2) is 46.9 Å². The molecule has 0 atom stereocenters. The summed E-state index contributed by atoms with van der Waals surface area (Å²) in [7, 11) is 1.92. The van der Waals surface area contributed by atoms with Crippen LogP contribution in [-0.2, 0) is 6.42 Å². The van der Waals surface area contributed by atoms with Gasteiger partial charge in [-0.15, -0.1) is 0 Å². The van der Waals surface area contributed by atoms with Crippen LogP contribution in [0.1, 0.15) is 22.8 Å². The zero-order valence-electron chi connectivity index (χ0n) is 11.4. The molecule has 0 saturated heterocycles. The Kier molecular flexibility index (Phi) is 4.45. The number of aryl methyl sites for hydroxylation is 1. The summed E-state index contributed by atoms with van der Waals surface area (Å²) >= 11 is 3.35. The number of hydrogen-bond donors (Lipinski definition) is 1. The first-order chi connectivity index (χ1) is 9.51. The first-order valence-electron chi connectivity index (χ1n) is 6.38. The molecular weight excluding hydrogens is 318 g/mol. The van der Waals surface area contributed by atoms with Gasteiger partial charge in [-0.05, 0) is 42.3 Å². The zero-order valence-corrected chi connectivity index (χ0v) is 13.0. The van der Waals surface area contributed by atoms with E-state index < -0.39 is 5.97 Å². The summed E-state index contributed by atoms with van der Waals surface area (Å²) in [4.78, 5) is 13.1. The SMILES string of the molecule is CCc1ccc(N(C)c2cc(Br)cc(C(=O)O)c2)cc1. The molecule has 0 saturated carbocycles. The fraction of sp³-hybridized carbons (Fsp3) is 0.188. The molecule has 3 nitrogen and oxygen atoms in total. The lowest BCUT2D eigenvalue weighted by Crippen LogP contribution is -2.10. The van der Waals surface area contributed by atoms with Crippen LogP contribution in [0.4, 0.5) is 11.4 Å². The molecule has 2 rings (SSSR count). The van der Waals surface area contributed by atoms with Gasteiger partial charge in [0.1, 0.15) is 0 Å². The smallest absolute Gasteiger partial charge is 0.335 e. The fourth-order valence-electron chi connectivity index (χ4n) is 2.00. The van der Waals surface area contributed by atoms with Crippen molar-refractivity contribution in [2.75, 3.05) is 11.9 Å². The van der Waals surface area contributed by atoms with Crippen molar-refractivity contribution < 1.29 is 9.90 Å². The quantitative estimate of drug-likeness (QED) is 0.896. The molecule has 0 aliphatic heterocycles. The number of anilines is 2. The van der Waals surface area contributed by atoms with Gasteiger partial charge in [-0.1, -0.05) is 35.0 Å². The molecule has 0 fully saturated rings. The Bertz CT molecular complexity index is 623. The van der Waals surface area contributed by atoms with Gasteiger partial charge >= 0.3 is 5.97 Å². The van der Waals surface area contributed by atoms with E-state index in [2.05, 4.69) is 35.0 Å². The van der Waals surface area contributed by atoms with Crippen molar-refractivity contribution in [1.29, 1.82) is 0 Å². The monoisotopic (exact) mass is 333 g/mol. The van der Waals surface area contributed by atoms with Crippen molar-refractivity contribution in [1.82, 2.24) is 0 Å². The van der Waals surface area contributed by atoms with Gasteiger partial charge in [-0.3, -0.25) is 0 Å². The van der Waals surface area contributed by atoms with E-state index in [9.17, 15) is 4.79 Å². The second-order valence-corrected chi connectivity index (χ2v) is 5.50. The lowest BCUT2D eigenvalue weighted by molar-refractivity contribution is 0.0697. The van der Waals surface area contributed by atoms with Crippen LogP contribution in [0.3, 0.4) is 0 Å². The second-order valence-electron chi connectivity index (χ2n) is 4.58. The average Bonchev–Trinajstić information content (AvgIpc) is 2.46. The number of rotatable bonds is 4. The molecule has 104 valence electrons. The van der Waals surface area contributed by atoms with Gasteiger partial charge in [0.15, 0.2) is 0 Å². The highest BCUT2D eigenvalue weighted by Crippen LogP contribution is 2.28. The average molecular weight is 334 g/mol. The van der Waals surface area contributed by atoms with Crippen LogP contribution in [0.25, 0.3) is 0 Å². The van der Waals surface area contributed by atoms with Crippen molar-refractivity contribution >= 4 is 33.3 Å². The Morgan fingerprint density at radius 1 is 1.15 bits per heavy atom. The highest BCUT2D eigenvalue weighted by atomic mass is 79.9. The Balaban J connectivity index is 2.36. The minimum atomic E-state index is -0.928. The standard InChI is InChI=1S/C16H16BrNO2/c1-3-11-4-6-14(7-5-11)18(2)15-9-12(16(19)20)8-13(17)10-15/h4-10H,3H2,1-2H3,(H,19,20). The first kappa shape index (κ1) is 14.6. The number of carboxylic acids is 1. The Morgan fingerprint density at radius 2 is 1.80 bits per heavy atom. The number of carbonyl (C=O) groups is 1. The highest BCUT2D eigenvalue weighted by molar-refractivity contribution is 9.10. The number of nitrogens with zero attached hydrogens (tertiary/aromatic N) is 1. The second kappa shape index (κ2) is 6.09. The van der Waals surface area contributed by atoms with Gasteiger partial charge < -0.3 is 10.0 Å². The van der Waals surface area contributed by atoms with Crippen LogP contribution in [0.2, 0.25) is 0 Å². The van der Waals surface area contributed by atoms with Crippen molar-refractivity contribution in [3.05, 3.63) is 58.1 Å². The molecular formula is C16H16BrNO2. The summed E-state index contributed by atoms with van der Waals surface area (Å²) in [5, 5.41) is 9.12. The minimum absolute atomic E-state index is 0.270.